The molecule has 1 amide bonds. The highest BCUT2D eigenvalue weighted by Gasteiger charge is 2.35. The van der Waals surface area contributed by atoms with E-state index in [1.165, 1.54) is 11.1 Å². The summed E-state index contributed by atoms with van der Waals surface area (Å²) in [5.74, 6) is 0.985. The Kier molecular flexibility index (Phi) is 4.66. The maximum atomic E-state index is 12.7. The van der Waals surface area contributed by atoms with Gasteiger partial charge in [-0.15, -0.1) is 0 Å². The quantitative estimate of drug-likeness (QED) is 0.499. The molecule has 0 radical (unpaired) electrons. The van der Waals surface area contributed by atoms with E-state index in [1.807, 2.05) is 59.1 Å². The Morgan fingerprint density at radius 3 is 2.65 bits per heavy atom. The predicted molar refractivity (Wildman–Crippen MR) is 118 cm³/mol. The molecule has 4 aromatic rings. The van der Waals surface area contributed by atoms with Crippen LogP contribution in [0.4, 0.5) is 5.69 Å². The molecule has 156 valence electrons. The van der Waals surface area contributed by atoms with Crippen LogP contribution in [-0.4, -0.2) is 32.4 Å². The number of aromatic nitrogens is 4. The third-order valence-electron chi connectivity index (χ3n) is 5.96. The number of hydrogen-bond acceptors (Lipinski definition) is 5. The van der Waals surface area contributed by atoms with Crippen LogP contribution in [0.2, 0.25) is 0 Å². The molecular formula is C24H23N5O2. The molecule has 1 saturated heterocycles. The van der Waals surface area contributed by atoms with Crippen molar-refractivity contribution in [2.45, 2.75) is 26.2 Å². The predicted octanol–water partition coefficient (Wildman–Crippen LogP) is 4.27. The van der Waals surface area contributed by atoms with E-state index in [0.29, 0.717) is 24.7 Å². The summed E-state index contributed by atoms with van der Waals surface area (Å²) in [7, 11) is 1.91. The Morgan fingerprint density at radius 2 is 1.87 bits per heavy atom. The number of benzene rings is 2. The van der Waals surface area contributed by atoms with Gasteiger partial charge in [-0.25, -0.2) is 0 Å². The molecule has 2 aromatic carbocycles. The minimum Gasteiger partial charge on any atom is -0.339 e. The van der Waals surface area contributed by atoms with Crippen molar-refractivity contribution in [3.63, 3.8) is 0 Å². The van der Waals surface area contributed by atoms with Crippen LogP contribution < -0.4 is 4.90 Å². The lowest BCUT2D eigenvalue weighted by Crippen LogP contribution is -2.24. The second kappa shape index (κ2) is 7.50. The van der Waals surface area contributed by atoms with Crippen molar-refractivity contribution < 1.29 is 9.32 Å². The maximum absolute atomic E-state index is 12.7. The van der Waals surface area contributed by atoms with Crippen molar-refractivity contribution in [1.82, 2.24) is 19.9 Å². The van der Waals surface area contributed by atoms with Crippen LogP contribution in [0.25, 0.3) is 22.6 Å². The van der Waals surface area contributed by atoms with Gasteiger partial charge in [0.15, 0.2) is 0 Å². The Balaban J connectivity index is 1.38. The third-order valence-corrected chi connectivity index (χ3v) is 5.96. The van der Waals surface area contributed by atoms with Crippen molar-refractivity contribution in [3.05, 3.63) is 71.7 Å². The highest BCUT2D eigenvalue weighted by atomic mass is 16.5. The number of anilines is 1. The van der Waals surface area contributed by atoms with Crippen LogP contribution in [-0.2, 0) is 11.8 Å². The molecule has 0 bridgehead atoms. The zero-order chi connectivity index (χ0) is 21.5. The molecule has 0 N–H and O–H groups in total. The fourth-order valence-electron chi connectivity index (χ4n) is 4.01. The van der Waals surface area contributed by atoms with E-state index >= 15 is 0 Å². The Hall–Kier alpha value is -3.74. The third kappa shape index (κ3) is 3.52. The van der Waals surface area contributed by atoms with Crippen LogP contribution in [0.15, 0.2) is 59.3 Å². The summed E-state index contributed by atoms with van der Waals surface area (Å²) in [6, 6.07) is 16.0. The smallest absolute Gasteiger partial charge is 0.232 e. The second-order valence-electron chi connectivity index (χ2n) is 8.05. The SMILES string of the molecule is Cc1ccc(N2C[C@H](c3nc(-c4cccc(-c5ccnn5C)c4)no3)CC2=O)cc1C. The molecule has 7 nitrogen and oxygen atoms in total. The van der Waals surface area contributed by atoms with Crippen LogP contribution in [0, 0.1) is 13.8 Å². The normalized spacial score (nSPS) is 16.3. The first-order valence-corrected chi connectivity index (χ1v) is 10.3. The molecule has 1 aliphatic rings. The van der Waals surface area contributed by atoms with Crippen LogP contribution in [0.3, 0.4) is 0 Å². The maximum Gasteiger partial charge on any atom is 0.232 e. The lowest BCUT2D eigenvalue weighted by Gasteiger charge is -2.17. The number of nitrogens with zero attached hydrogens (tertiary/aromatic N) is 5. The van der Waals surface area contributed by atoms with E-state index in [0.717, 1.165) is 22.5 Å². The van der Waals surface area contributed by atoms with Gasteiger partial charge in [0.1, 0.15) is 0 Å². The van der Waals surface area contributed by atoms with Gasteiger partial charge < -0.3 is 9.42 Å². The summed E-state index contributed by atoms with van der Waals surface area (Å²) in [6.45, 7) is 4.66. The number of aryl methyl sites for hydroxylation is 3. The molecule has 1 fully saturated rings. The zero-order valence-corrected chi connectivity index (χ0v) is 17.7. The summed E-state index contributed by atoms with van der Waals surface area (Å²) in [5, 5.41) is 8.42. The molecule has 0 spiro atoms. The molecular weight excluding hydrogens is 390 g/mol. The van der Waals surface area contributed by atoms with Crippen molar-refractivity contribution >= 4 is 11.6 Å². The van der Waals surface area contributed by atoms with Crippen molar-refractivity contribution in [1.29, 1.82) is 0 Å². The first kappa shape index (κ1) is 19.2. The zero-order valence-electron chi connectivity index (χ0n) is 17.7. The summed E-state index contributed by atoms with van der Waals surface area (Å²) in [6.07, 6.45) is 2.14. The van der Waals surface area contributed by atoms with Gasteiger partial charge in [0, 0.05) is 43.0 Å². The van der Waals surface area contributed by atoms with E-state index in [2.05, 4.69) is 35.2 Å². The molecule has 3 heterocycles. The highest BCUT2D eigenvalue weighted by molar-refractivity contribution is 5.96. The van der Waals surface area contributed by atoms with E-state index in [4.69, 9.17) is 4.52 Å². The molecule has 1 atom stereocenters. The average molecular weight is 413 g/mol. The van der Waals surface area contributed by atoms with Crippen LogP contribution in [0.5, 0.6) is 0 Å². The summed E-state index contributed by atoms with van der Waals surface area (Å²) in [4.78, 5) is 19.1. The highest BCUT2D eigenvalue weighted by Crippen LogP contribution is 2.33. The molecule has 7 heteroatoms. The molecule has 1 aliphatic heterocycles. The van der Waals surface area contributed by atoms with Gasteiger partial charge in [0.25, 0.3) is 0 Å². The summed E-state index contributed by atoms with van der Waals surface area (Å²) < 4.78 is 7.40. The number of rotatable bonds is 4. The van der Waals surface area contributed by atoms with Gasteiger partial charge in [0.05, 0.1) is 11.6 Å². The minimum absolute atomic E-state index is 0.0752. The van der Waals surface area contributed by atoms with Gasteiger partial charge in [-0.2, -0.15) is 10.1 Å². The number of amides is 1. The Bertz CT molecular complexity index is 1270. The largest absolute Gasteiger partial charge is 0.339 e. The van der Waals surface area contributed by atoms with Gasteiger partial charge in [-0.05, 0) is 49.2 Å². The van der Waals surface area contributed by atoms with Gasteiger partial charge in [-0.3, -0.25) is 9.48 Å². The van der Waals surface area contributed by atoms with Crippen molar-refractivity contribution in [3.8, 4) is 22.6 Å². The number of hydrogen-bond donors (Lipinski definition) is 0. The summed E-state index contributed by atoms with van der Waals surface area (Å²) in [5.41, 5.74) is 6.20. The minimum atomic E-state index is -0.115. The van der Waals surface area contributed by atoms with E-state index in [-0.39, 0.29) is 11.8 Å². The monoisotopic (exact) mass is 413 g/mol. The fraction of sp³-hybridized carbons (Fsp3) is 0.250. The topological polar surface area (TPSA) is 77.1 Å². The Morgan fingerprint density at radius 1 is 1.03 bits per heavy atom. The summed E-state index contributed by atoms with van der Waals surface area (Å²) >= 11 is 0. The van der Waals surface area contributed by atoms with Crippen molar-refractivity contribution in [2.24, 2.45) is 7.05 Å². The fourth-order valence-corrected chi connectivity index (χ4v) is 4.01. The number of carbonyl (C=O) groups excluding carboxylic acids is 1. The van der Waals surface area contributed by atoms with Gasteiger partial charge in [0.2, 0.25) is 17.6 Å². The first-order chi connectivity index (χ1) is 15.0. The van der Waals surface area contributed by atoms with Crippen LogP contribution in [0.1, 0.15) is 29.4 Å². The molecule has 5 rings (SSSR count). The average Bonchev–Trinajstić information content (AvgIpc) is 3.50. The molecule has 0 unspecified atom stereocenters. The Labute approximate surface area is 180 Å². The van der Waals surface area contributed by atoms with Gasteiger partial charge in [-0.1, -0.05) is 29.4 Å². The number of carbonyl (C=O) groups is 1. The van der Waals surface area contributed by atoms with E-state index in [1.54, 1.807) is 6.20 Å². The molecule has 2 aromatic heterocycles. The first-order valence-electron chi connectivity index (χ1n) is 10.3. The van der Waals surface area contributed by atoms with Crippen molar-refractivity contribution in [2.75, 3.05) is 11.4 Å². The lowest BCUT2D eigenvalue weighted by molar-refractivity contribution is -0.117. The van der Waals surface area contributed by atoms with Gasteiger partial charge >= 0.3 is 0 Å². The molecule has 0 aliphatic carbocycles. The second-order valence-corrected chi connectivity index (χ2v) is 8.05. The lowest BCUT2D eigenvalue weighted by atomic mass is 10.1. The molecule has 0 saturated carbocycles. The molecule has 31 heavy (non-hydrogen) atoms. The van der Waals surface area contributed by atoms with Crippen LogP contribution >= 0.6 is 0 Å². The van der Waals surface area contributed by atoms with E-state index in [9.17, 15) is 4.79 Å². The standard InChI is InChI=1S/C24H23N5O2/c1-15-7-8-20(11-16(15)2)29-14-19(13-22(29)30)24-26-23(27-31-24)18-6-4-5-17(12-18)21-9-10-25-28(21)3/h4-12,19H,13-14H2,1-3H3/t19-/m1/s1. The van der Waals surface area contributed by atoms with E-state index < -0.39 is 0 Å².